The predicted octanol–water partition coefficient (Wildman–Crippen LogP) is 3.09. The molecule has 0 atom stereocenters. The third-order valence-corrected chi connectivity index (χ3v) is 3.93. The predicted molar refractivity (Wildman–Crippen MR) is 80.7 cm³/mol. The number of nitrogens with zero attached hydrogens (tertiary/aromatic N) is 2. The number of benzene rings is 1. The van der Waals surface area contributed by atoms with E-state index in [2.05, 4.69) is 9.97 Å². The molecule has 0 amide bonds. The molecular weight excluding hydrogens is 310 g/mol. The zero-order valence-corrected chi connectivity index (χ0v) is 12.2. The van der Waals surface area contributed by atoms with Crippen molar-refractivity contribution in [2.75, 3.05) is 0 Å². The second kappa shape index (κ2) is 5.56. The Morgan fingerprint density at radius 2 is 2.29 bits per heavy atom. The molecule has 0 fully saturated rings. The topological polar surface area (TPSA) is 78.8 Å². The van der Waals surface area contributed by atoms with Crippen LogP contribution in [0.15, 0.2) is 34.4 Å². The number of nitrogens with one attached hydrogen (secondary N) is 1. The summed E-state index contributed by atoms with van der Waals surface area (Å²) in [7, 11) is 0. The number of hydrogen-bond donors (Lipinski definition) is 1. The second-order valence-electron chi connectivity index (χ2n) is 4.19. The van der Waals surface area contributed by atoms with Gasteiger partial charge in [-0.1, -0.05) is 11.6 Å². The standard InChI is InChI=1S/C14H8ClN3O2S/c15-9-2-1-8(6-16)11(5-9)20-7-12-17-10-3-4-21-13(10)14(19)18-12/h1-5H,7H2,(H,17,18,19). The highest BCUT2D eigenvalue weighted by molar-refractivity contribution is 7.17. The van der Waals surface area contributed by atoms with Crippen molar-refractivity contribution < 1.29 is 4.74 Å². The second-order valence-corrected chi connectivity index (χ2v) is 5.54. The van der Waals surface area contributed by atoms with Crippen molar-refractivity contribution in [2.45, 2.75) is 6.61 Å². The molecule has 0 aliphatic heterocycles. The van der Waals surface area contributed by atoms with Gasteiger partial charge in [0.1, 0.15) is 28.9 Å². The van der Waals surface area contributed by atoms with Crippen molar-refractivity contribution in [3.05, 3.63) is 56.4 Å². The third-order valence-electron chi connectivity index (χ3n) is 2.79. The Morgan fingerprint density at radius 3 is 3.10 bits per heavy atom. The summed E-state index contributed by atoms with van der Waals surface area (Å²) in [4.78, 5) is 18.8. The van der Waals surface area contributed by atoms with E-state index < -0.39 is 0 Å². The zero-order chi connectivity index (χ0) is 14.8. The molecule has 0 aliphatic rings. The molecule has 0 saturated carbocycles. The molecule has 5 nitrogen and oxygen atoms in total. The maximum atomic E-state index is 11.8. The molecule has 1 N–H and O–H groups in total. The van der Waals surface area contributed by atoms with Gasteiger partial charge < -0.3 is 9.72 Å². The van der Waals surface area contributed by atoms with Crippen LogP contribution in [0.25, 0.3) is 10.2 Å². The van der Waals surface area contributed by atoms with Crippen molar-refractivity contribution in [1.29, 1.82) is 5.26 Å². The van der Waals surface area contributed by atoms with Gasteiger partial charge in [0.15, 0.2) is 0 Å². The Bertz CT molecular complexity index is 910. The van der Waals surface area contributed by atoms with Crippen LogP contribution in [-0.4, -0.2) is 9.97 Å². The monoisotopic (exact) mass is 317 g/mol. The Hall–Kier alpha value is -2.36. The fourth-order valence-corrected chi connectivity index (χ4v) is 2.73. The number of fused-ring (bicyclic) bond motifs is 1. The molecule has 3 aromatic rings. The van der Waals surface area contributed by atoms with Crippen LogP contribution >= 0.6 is 22.9 Å². The van der Waals surface area contributed by atoms with Crippen molar-refractivity contribution in [1.82, 2.24) is 9.97 Å². The van der Waals surface area contributed by atoms with E-state index in [1.54, 1.807) is 24.3 Å². The minimum atomic E-state index is -0.194. The van der Waals surface area contributed by atoms with Crippen LogP contribution in [0.4, 0.5) is 0 Å². The number of aromatic nitrogens is 2. The normalized spacial score (nSPS) is 10.5. The molecule has 1 aromatic carbocycles. The summed E-state index contributed by atoms with van der Waals surface area (Å²) in [5.74, 6) is 0.757. The molecule has 7 heteroatoms. The fraction of sp³-hybridized carbons (Fsp3) is 0.0714. The molecular formula is C14H8ClN3O2S. The Balaban J connectivity index is 1.88. The summed E-state index contributed by atoms with van der Waals surface area (Å²) >= 11 is 7.22. The molecule has 104 valence electrons. The molecule has 0 saturated heterocycles. The van der Waals surface area contributed by atoms with Gasteiger partial charge in [0.05, 0.1) is 11.1 Å². The molecule has 2 heterocycles. The molecule has 0 radical (unpaired) electrons. The lowest BCUT2D eigenvalue weighted by atomic mass is 10.2. The van der Waals surface area contributed by atoms with Crippen LogP contribution in [0.1, 0.15) is 11.4 Å². The smallest absolute Gasteiger partial charge is 0.268 e. The quantitative estimate of drug-likeness (QED) is 0.805. The van der Waals surface area contributed by atoms with Crippen molar-refractivity contribution in [3.63, 3.8) is 0 Å². The first-order valence-electron chi connectivity index (χ1n) is 5.96. The highest BCUT2D eigenvalue weighted by atomic mass is 35.5. The summed E-state index contributed by atoms with van der Waals surface area (Å²) < 4.78 is 6.12. The average molecular weight is 318 g/mol. The van der Waals surface area contributed by atoms with Crippen LogP contribution in [0.2, 0.25) is 5.02 Å². The number of halogens is 1. The van der Waals surface area contributed by atoms with Gasteiger partial charge in [0.2, 0.25) is 0 Å². The summed E-state index contributed by atoms with van der Waals surface area (Å²) in [6.45, 7) is 0.0516. The molecule has 0 aliphatic carbocycles. The van der Waals surface area contributed by atoms with Crippen molar-refractivity contribution >= 4 is 33.2 Å². The summed E-state index contributed by atoms with van der Waals surface area (Å²) in [5.41, 5.74) is 0.813. The lowest BCUT2D eigenvalue weighted by Gasteiger charge is -2.07. The highest BCUT2D eigenvalue weighted by Gasteiger charge is 2.08. The minimum absolute atomic E-state index is 0.0516. The number of H-pyrrole nitrogens is 1. The first-order valence-corrected chi connectivity index (χ1v) is 7.22. The van der Waals surface area contributed by atoms with Gasteiger partial charge in [0, 0.05) is 11.1 Å². The first kappa shape index (κ1) is 13.6. The Labute approximate surface area is 128 Å². The molecule has 0 bridgehead atoms. The molecule has 0 unspecified atom stereocenters. The van der Waals surface area contributed by atoms with E-state index in [0.717, 1.165) is 0 Å². The summed E-state index contributed by atoms with van der Waals surface area (Å²) in [6, 6.07) is 8.55. The van der Waals surface area contributed by atoms with Crippen LogP contribution in [-0.2, 0) is 6.61 Å². The van der Waals surface area contributed by atoms with Crippen LogP contribution < -0.4 is 10.3 Å². The van der Waals surface area contributed by atoms with Crippen molar-refractivity contribution in [2.24, 2.45) is 0 Å². The number of rotatable bonds is 3. The van der Waals surface area contributed by atoms with Crippen molar-refractivity contribution in [3.8, 4) is 11.8 Å². The number of hydrogen-bond acceptors (Lipinski definition) is 5. The number of thiophene rings is 1. The molecule has 2 aromatic heterocycles. The van der Waals surface area contributed by atoms with Gasteiger partial charge in [-0.05, 0) is 23.6 Å². The Kier molecular flexibility index (Phi) is 3.60. The number of aromatic amines is 1. The zero-order valence-electron chi connectivity index (χ0n) is 10.6. The van der Waals surface area contributed by atoms with E-state index >= 15 is 0 Å². The van der Waals surface area contributed by atoms with Gasteiger partial charge in [0.25, 0.3) is 5.56 Å². The van der Waals surface area contributed by atoms with Crippen LogP contribution in [0.3, 0.4) is 0 Å². The van der Waals surface area contributed by atoms with E-state index in [0.29, 0.717) is 32.4 Å². The maximum Gasteiger partial charge on any atom is 0.268 e. The number of ether oxygens (including phenoxy) is 1. The highest BCUT2D eigenvalue weighted by Crippen LogP contribution is 2.23. The lowest BCUT2D eigenvalue weighted by molar-refractivity contribution is 0.295. The maximum absolute atomic E-state index is 11.8. The van der Waals surface area contributed by atoms with Gasteiger partial charge >= 0.3 is 0 Å². The van der Waals surface area contributed by atoms with Gasteiger partial charge in [-0.2, -0.15) is 5.26 Å². The third kappa shape index (κ3) is 2.75. The van der Waals surface area contributed by atoms with E-state index in [9.17, 15) is 4.79 Å². The molecule has 0 spiro atoms. The van der Waals surface area contributed by atoms with Gasteiger partial charge in [-0.3, -0.25) is 4.79 Å². The van der Waals surface area contributed by atoms with Gasteiger partial charge in [-0.25, -0.2) is 4.98 Å². The van der Waals surface area contributed by atoms with E-state index in [1.165, 1.54) is 11.3 Å². The van der Waals surface area contributed by atoms with Crippen LogP contribution in [0, 0.1) is 11.3 Å². The van der Waals surface area contributed by atoms with E-state index in [1.807, 2.05) is 11.4 Å². The first-order chi connectivity index (χ1) is 10.2. The van der Waals surface area contributed by atoms with Crippen LogP contribution in [0.5, 0.6) is 5.75 Å². The van der Waals surface area contributed by atoms with E-state index in [-0.39, 0.29) is 12.2 Å². The summed E-state index contributed by atoms with van der Waals surface area (Å²) in [6.07, 6.45) is 0. The molecule has 21 heavy (non-hydrogen) atoms. The average Bonchev–Trinajstić information content (AvgIpc) is 2.94. The van der Waals surface area contributed by atoms with Gasteiger partial charge in [-0.15, -0.1) is 11.3 Å². The number of nitriles is 1. The lowest BCUT2D eigenvalue weighted by Crippen LogP contribution is -2.12. The fourth-order valence-electron chi connectivity index (χ4n) is 1.84. The largest absolute Gasteiger partial charge is 0.484 e. The Morgan fingerprint density at radius 1 is 1.43 bits per heavy atom. The SMILES string of the molecule is N#Cc1ccc(Cl)cc1OCc1nc2ccsc2c(=O)[nH]1. The summed E-state index contributed by atoms with van der Waals surface area (Å²) in [5, 5.41) is 11.3. The molecule has 3 rings (SSSR count). The van der Waals surface area contributed by atoms with E-state index in [4.69, 9.17) is 21.6 Å². The minimum Gasteiger partial charge on any atom is -0.484 e.